The zero-order chi connectivity index (χ0) is 21.3. The lowest BCUT2D eigenvalue weighted by atomic mass is 9.94. The molecule has 0 saturated carbocycles. The molecule has 30 heavy (non-hydrogen) atoms. The van der Waals surface area contributed by atoms with Crippen molar-refractivity contribution in [1.29, 1.82) is 0 Å². The number of fused-ring (bicyclic) bond motifs is 1. The zero-order valence-corrected chi connectivity index (χ0v) is 16.9. The molecule has 0 aliphatic carbocycles. The molecular weight excluding hydrogens is 385 g/mol. The largest absolute Gasteiger partial charge is 0.507 e. The number of aliphatic hydroxyl groups excluding tert-OH is 1. The van der Waals surface area contributed by atoms with E-state index in [1.165, 1.54) is 11.0 Å². The molecule has 2 aliphatic rings. The fraction of sp³-hybridized carbons (Fsp3) is 0.333. The van der Waals surface area contributed by atoms with Gasteiger partial charge in [-0.15, -0.1) is 0 Å². The van der Waals surface area contributed by atoms with Gasteiger partial charge in [0.15, 0.2) is 0 Å². The molecule has 1 atom stereocenters. The van der Waals surface area contributed by atoms with Crippen molar-refractivity contribution in [2.24, 2.45) is 0 Å². The SMILES string of the molecule is CCCCCN1C(=O)C(=O)/C(=C(/O)c2ccc3c(c2)CCO3)C1c1ccccc1F. The number of rotatable bonds is 6. The maximum Gasteiger partial charge on any atom is 0.295 e. The summed E-state index contributed by atoms with van der Waals surface area (Å²) in [6.07, 6.45) is 3.24. The first kappa shape index (κ1) is 20.1. The first-order valence-corrected chi connectivity index (χ1v) is 10.3. The third kappa shape index (κ3) is 3.47. The predicted octanol–water partition coefficient (Wildman–Crippen LogP) is 4.37. The highest BCUT2D eigenvalue weighted by Gasteiger charge is 2.46. The Labute approximate surface area is 174 Å². The number of benzene rings is 2. The fourth-order valence-corrected chi connectivity index (χ4v) is 4.15. The van der Waals surface area contributed by atoms with Crippen LogP contribution in [0.4, 0.5) is 4.39 Å². The van der Waals surface area contributed by atoms with Crippen LogP contribution in [-0.4, -0.2) is 34.8 Å². The van der Waals surface area contributed by atoms with Gasteiger partial charge in [0.2, 0.25) is 0 Å². The minimum absolute atomic E-state index is 0.0690. The van der Waals surface area contributed by atoms with Crippen LogP contribution in [0.15, 0.2) is 48.0 Å². The van der Waals surface area contributed by atoms with Crippen molar-refractivity contribution >= 4 is 17.4 Å². The Bertz CT molecular complexity index is 1030. The second-order valence-electron chi connectivity index (χ2n) is 7.64. The van der Waals surface area contributed by atoms with Gasteiger partial charge in [0.25, 0.3) is 11.7 Å². The number of hydrogen-bond donors (Lipinski definition) is 1. The van der Waals surface area contributed by atoms with E-state index in [0.717, 1.165) is 24.2 Å². The van der Waals surface area contributed by atoms with E-state index in [4.69, 9.17) is 4.74 Å². The van der Waals surface area contributed by atoms with Gasteiger partial charge in [-0.05, 0) is 36.2 Å². The molecule has 2 aromatic rings. The molecule has 2 aromatic carbocycles. The quantitative estimate of drug-likeness (QED) is 0.333. The lowest BCUT2D eigenvalue weighted by Crippen LogP contribution is -2.31. The minimum Gasteiger partial charge on any atom is -0.507 e. The second-order valence-corrected chi connectivity index (χ2v) is 7.64. The zero-order valence-electron chi connectivity index (χ0n) is 16.9. The van der Waals surface area contributed by atoms with Gasteiger partial charge in [0.1, 0.15) is 17.3 Å². The molecule has 6 heteroatoms. The molecule has 0 bridgehead atoms. The van der Waals surface area contributed by atoms with Crippen molar-refractivity contribution in [1.82, 2.24) is 4.90 Å². The number of ketones is 1. The van der Waals surface area contributed by atoms with Crippen LogP contribution in [0.3, 0.4) is 0 Å². The number of hydrogen-bond acceptors (Lipinski definition) is 4. The van der Waals surface area contributed by atoms with Crippen LogP contribution >= 0.6 is 0 Å². The number of unbranched alkanes of at least 4 members (excludes halogenated alkanes) is 2. The monoisotopic (exact) mass is 409 g/mol. The van der Waals surface area contributed by atoms with Gasteiger partial charge in [-0.3, -0.25) is 9.59 Å². The summed E-state index contributed by atoms with van der Waals surface area (Å²) in [6.45, 7) is 2.93. The number of carbonyl (C=O) groups excluding carboxylic acids is 2. The third-order valence-corrected chi connectivity index (χ3v) is 5.71. The van der Waals surface area contributed by atoms with E-state index >= 15 is 0 Å². The average Bonchev–Trinajstić information content (AvgIpc) is 3.31. The van der Waals surface area contributed by atoms with Gasteiger partial charge < -0.3 is 14.7 Å². The summed E-state index contributed by atoms with van der Waals surface area (Å²) in [6, 6.07) is 10.3. The summed E-state index contributed by atoms with van der Waals surface area (Å²) in [7, 11) is 0. The van der Waals surface area contributed by atoms with Gasteiger partial charge in [0.05, 0.1) is 18.2 Å². The Hall–Kier alpha value is -3.15. The van der Waals surface area contributed by atoms with Gasteiger partial charge in [-0.2, -0.15) is 0 Å². The van der Waals surface area contributed by atoms with E-state index < -0.39 is 23.5 Å². The fourth-order valence-electron chi connectivity index (χ4n) is 4.15. The highest BCUT2D eigenvalue weighted by Crippen LogP contribution is 2.41. The summed E-state index contributed by atoms with van der Waals surface area (Å²) in [4.78, 5) is 27.1. The second kappa shape index (κ2) is 8.30. The van der Waals surface area contributed by atoms with E-state index in [-0.39, 0.29) is 16.9 Å². The van der Waals surface area contributed by atoms with Crippen molar-refractivity contribution in [3.63, 3.8) is 0 Å². The molecule has 1 unspecified atom stereocenters. The number of ether oxygens (including phenoxy) is 1. The molecule has 5 nitrogen and oxygen atoms in total. The van der Waals surface area contributed by atoms with Crippen LogP contribution < -0.4 is 4.74 Å². The Morgan fingerprint density at radius 2 is 2.00 bits per heavy atom. The van der Waals surface area contributed by atoms with Crippen molar-refractivity contribution in [2.75, 3.05) is 13.2 Å². The molecule has 4 rings (SSSR count). The summed E-state index contributed by atoms with van der Waals surface area (Å²) >= 11 is 0. The lowest BCUT2D eigenvalue weighted by molar-refractivity contribution is -0.139. The molecule has 2 heterocycles. The standard InChI is InChI=1S/C24H24FNO4/c1-2-3-6-12-26-21(17-7-4-5-8-18(17)25)20(23(28)24(26)29)22(27)16-9-10-19-15(14-16)11-13-30-19/h4-5,7-10,14,21,27H,2-3,6,11-13H2,1H3/b22-20+. The first-order chi connectivity index (χ1) is 14.5. The number of nitrogens with zero attached hydrogens (tertiary/aromatic N) is 1. The molecule has 1 amide bonds. The molecule has 1 fully saturated rings. The van der Waals surface area contributed by atoms with Crippen molar-refractivity contribution < 1.29 is 23.8 Å². The molecular formula is C24H24FNO4. The van der Waals surface area contributed by atoms with E-state index in [9.17, 15) is 19.1 Å². The Morgan fingerprint density at radius 1 is 1.20 bits per heavy atom. The summed E-state index contributed by atoms with van der Waals surface area (Å²) in [5, 5.41) is 11.1. The topological polar surface area (TPSA) is 66.8 Å². The maximum atomic E-state index is 14.7. The average molecular weight is 409 g/mol. The van der Waals surface area contributed by atoms with Crippen molar-refractivity contribution in [3.05, 3.63) is 70.5 Å². The van der Waals surface area contributed by atoms with Gasteiger partial charge >= 0.3 is 0 Å². The van der Waals surface area contributed by atoms with Crippen molar-refractivity contribution in [2.45, 2.75) is 38.6 Å². The first-order valence-electron chi connectivity index (χ1n) is 10.3. The smallest absolute Gasteiger partial charge is 0.295 e. The summed E-state index contributed by atoms with van der Waals surface area (Å²) < 4.78 is 20.2. The number of likely N-dealkylation sites (tertiary alicyclic amines) is 1. The molecule has 1 saturated heterocycles. The molecule has 0 radical (unpaired) electrons. The highest BCUT2D eigenvalue weighted by molar-refractivity contribution is 6.46. The van der Waals surface area contributed by atoms with Gasteiger partial charge in [-0.1, -0.05) is 38.0 Å². The molecule has 0 spiro atoms. The van der Waals surface area contributed by atoms with E-state index in [1.807, 2.05) is 6.92 Å². The van der Waals surface area contributed by atoms with Crippen molar-refractivity contribution in [3.8, 4) is 5.75 Å². The van der Waals surface area contributed by atoms with Crippen LogP contribution in [0.25, 0.3) is 5.76 Å². The maximum absolute atomic E-state index is 14.7. The Morgan fingerprint density at radius 3 is 2.77 bits per heavy atom. The Balaban J connectivity index is 1.83. The third-order valence-electron chi connectivity index (χ3n) is 5.71. The molecule has 2 aliphatic heterocycles. The van der Waals surface area contributed by atoms with E-state index in [0.29, 0.717) is 31.6 Å². The van der Waals surface area contributed by atoms with E-state index in [2.05, 4.69) is 0 Å². The van der Waals surface area contributed by atoms with E-state index in [1.54, 1.807) is 36.4 Å². The summed E-state index contributed by atoms with van der Waals surface area (Å²) in [5.41, 5.74) is 1.49. The van der Waals surface area contributed by atoms with Gasteiger partial charge in [-0.25, -0.2) is 4.39 Å². The lowest BCUT2D eigenvalue weighted by Gasteiger charge is -2.25. The molecule has 0 aromatic heterocycles. The molecule has 1 N–H and O–H groups in total. The number of Topliss-reactive ketones (excluding diaryl/α,β-unsaturated/α-hetero) is 1. The van der Waals surface area contributed by atoms with Gasteiger partial charge in [0, 0.05) is 24.1 Å². The van der Waals surface area contributed by atoms with Crippen LogP contribution in [0.5, 0.6) is 5.75 Å². The number of halogens is 1. The van der Waals surface area contributed by atoms with Crippen LogP contribution in [0, 0.1) is 5.82 Å². The van der Waals surface area contributed by atoms with Crippen LogP contribution in [0.1, 0.15) is 48.9 Å². The van der Waals surface area contributed by atoms with Crippen LogP contribution in [-0.2, 0) is 16.0 Å². The number of amides is 1. The number of aliphatic hydroxyl groups is 1. The molecule has 156 valence electrons. The summed E-state index contributed by atoms with van der Waals surface area (Å²) in [5.74, 6) is -1.54. The number of carbonyl (C=O) groups is 2. The van der Waals surface area contributed by atoms with Crippen LogP contribution in [0.2, 0.25) is 0 Å². The highest BCUT2D eigenvalue weighted by atomic mass is 19.1. The minimum atomic E-state index is -0.951. The predicted molar refractivity (Wildman–Crippen MR) is 111 cm³/mol. The normalized spacial score (nSPS) is 19.8. The Kier molecular flexibility index (Phi) is 5.57.